The average Bonchev–Trinajstić information content (AvgIpc) is 2.67. The lowest BCUT2D eigenvalue weighted by atomic mass is 10.1. The van der Waals surface area contributed by atoms with Crippen LogP contribution in [0.5, 0.6) is 5.75 Å². The number of hydrogen-bond donors (Lipinski definition) is 3. The molecule has 2 rings (SSSR count). The quantitative estimate of drug-likeness (QED) is 0.272. The standard InChI is InChI=1S/C20H33FN4O2.HI/c1-3-11-25-12-9-17(10-13-25)24-20(22-4-2)23-14-18(26)15-27-19-7-5-16(21)6-8-19;/h5-8,17-18,26H,3-4,9-15H2,1-2H3,(H2,22,23,24);1H. The summed E-state index contributed by atoms with van der Waals surface area (Å²) in [6.45, 7) is 8.75. The van der Waals surface area contributed by atoms with Gasteiger partial charge in [0.15, 0.2) is 5.96 Å². The van der Waals surface area contributed by atoms with Crippen molar-refractivity contribution in [1.29, 1.82) is 0 Å². The summed E-state index contributed by atoms with van der Waals surface area (Å²) in [5.41, 5.74) is 0. The summed E-state index contributed by atoms with van der Waals surface area (Å²) in [5.74, 6) is 0.949. The fourth-order valence-corrected chi connectivity index (χ4v) is 3.10. The molecule has 1 aliphatic heterocycles. The lowest BCUT2D eigenvalue weighted by Crippen LogP contribution is -2.49. The first-order valence-corrected chi connectivity index (χ1v) is 9.94. The highest BCUT2D eigenvalue weighted by molar-refractivity contribution is 14.0. The average molecular weight is 508 g/mol. The second-order valence-electron chi connectivity index (χ2n) is 6.90. The smallest absolute Gasteiger partial charge is 0.191 e. The lowest BCUT2D eigenvalue weighted by Gasteiger charge is -2.32. The number of likely N-dealkylation sites (tertiary alicyclic amines) is 1. The van der Waals surface area contributed by atoms with E-state index < -0.39 is 6.10 Å². The normalized spacial score (nSPS) is 16.9. The molecule has 0 spiro atoms. The molecule has 1 atom stereocenters. The molecule has 0 radical (unpaired) electrons. The summed E-state index contributed by atoms with van der Waals surface area (Å²) in [5, 5.41) is 16.8. The summed E-state index contributed by atoms with van der Waals surface area (Å²) in [7, 11) is 0. The van der Waals surface area contributed by atoms with Crippen molar-refractivity contribution < 1.29 is 14.2 Å². The molecule has 0 saturated carbocycles. The third-order valence-electron chi connectivity index (χ3n) is 4.53. The van der Waals surface area contributed by atoms with Gasteiger partial charge in [-0.25, -0.2) is 4.39 Å². The fourth-order valence-electron chi connectivity index (χ4n) is 3.10. The summed E-state index contributed by atoms with van der Waals surface area (Å²) >= 11 is 0. The molecule has 160 valence electrons. The van der Waals surface area contributed by atoms with E-state index >= 15 is 0 Å². The van der Waals surface area contributed by atoms with Crippen molar-refractivity contribution in [2.75, 3.05) is 39.3 Å². The SMILES string of the molecule is CCCN1CCC(NC(=NCC(O)COc2ccc(F)cc2)NCC)CC1.I. The molecule has 0 bridgehead atoms. The second-order valence-corrected chi connectivity index (χ2v) is 6.90. The predicted octanol–water partition coefficient (Wildman–Crippen LogP) is 2.61. The molecule has 1 heterocycles. The van der Waals surface area contributed by atoms with E-state index in [1.54, 1.807) is 12.1 Å². The number of aliphatic hydroxyl groups excluding tert-OH is 1. The summed E-state index contributed by atoms with van der Waals surface area (Å²) in [4.78, 5) is 6.98. The van der Waals surface area contributed by atoms with Gasteiger partial charge in [0.25, 0.3) is 0 Å². The molecule has 0 aromatic heterocycles. The van der Waals surface area contributed by atoms with E-state index in [0.717, 1.165) is 38.4 Å². The molecule has 1 unspecified atom stereocenters. The van der Waals surface area contributed by atoms with Gasteiger partial charge in [-0.1, -0.05) is 6.92 Å². The van der Waals surface area contributed by atoms with Crippen molar-refractivity contribution >= 4 is 29.9 Å². The monoisotopic (exact) mass is 508 g/mol. The molecular formula is C20H34FIN4O2. The highest BCUT2D eigenvalue weighted by Crippen LogP contribution is 2.12. The summed E-state index contributed by atoms with van der Waals surface area (Å²) in [6, 6.07) is 6.16. The minimum Gasteiger partial charge on any atom is -0.491 e. The highest BCUT2D eigenvalue weighted by atomic mass is 127. The Morgan fingerprint density at radius 1 is 1.29 bits per heavy atom. The Labute approximate surface area is 185 Å². The van der Waals surface area contributed by atoms with Gasteiger partial charge < -0.3 is 25.4 Å². The van der Waals surface area contributed by atoms with Gasteiger partial charge in [-0.2, -0.15) is 0 Å². The van der Waals surface area contributed by atoms with Crippen LogP contribution in [0.15, 0.2) is 29.3 Å². The molecule has 0 aliphatic carbocycles. The van der Waals surface area contributed by atoms with Crippen LogP contribution in [0.1, 0.15) is 33.1 Å². The molecule has 6 nitrogen and oxygen atoms in total. The number of piperidine rings is 1. The zero-order valence-corrected chi connectivity index (χ0v) is 19.2. The third kappa shape index (κ3) is 9.38. The van der Waals surface area contributed by atoms with Crippen molar-refractivity contribution in [3.8, 4) is 5.75 Å². The Hall–Kier alpha value is -1.13. The van der Waals surface area contributed by atoms with Crippen molar-refractivity contribution in [3.63, 3.8) is 0 Å². The Balaban J connectivity index is 0.00000392. The highest BCUT2D eigenvalue weighted by Gasteiger charge is 2.19. The molecule has 1 aromatic rings. The van der Waals surface area contributed by atoms with Crippen molar-refractivity contribution in [3.05, 3.63) is 30.1 Å². The van der Waals surface area contributed by atoms with Crippen molar-refractivity contribution in [1.82, 2.24) is 15.5 Å². The molecule has 1 aliphatic rings. The van der Waals surface area contributed by atoms with Gasteiger partial charge in [-0.15, -0.1) is 24.0 Å². The largest absolute Gasteiger partial charge is 0.491 e. The zero-order valence-electron chi connectivity index (χ0n) is 16.9. The van der Waals surface area contributed by atoms with Gasteiger partial charge >= 0.3 is 0 Å². The van der Waals surface area contributed by atoms with Crippen LogP contribution in [0.4, 0.5) is 4.39 Å². The van der Waals surface area contributed by atoms with Crippen molar-refractivity contribution in [2.45, 2.75) is 45.3 Å². The van der Waals surface area contributed by atoms with Gasteiger partial charge in [-0.3, -0.25) is 4.99 Å². The molecule has 3 N–H and O–H groups in total. The molecule has 0 amide bonds. The molecule has 1 aromatic carbocycles. The van der Waals surface area contributed by atoms with Crippen LogP contribution in [-0.4, -0.2) is 67.4 Å². The predicted molar refractivity (Wildman–Crippen MR) is 122 cm³/mol. The van der Waals surface area contributed by atoms with Crippen LogP contribution in [0.3, 0.4) is 0 Å². The van der Waals surface area contributed by atoms with E-state index in [9.17, 15) is 9.50 Å². The van der Waals surface area contributed by atoms with Crippen LogP contribution in [0, 0.1) is 5.82 Å². The topological polar surface area (TPSA) is 69.1 Å². The molecular weight excluding hydrogens is 474 g/mol. The maximum Gasteiger partial charge on any atom is 0.191 e. The van der Waals surface area contributed by atoms with Gasteiger partial charge in [-0.05, 0) is 57.0 Å². The number of nitrogens with zero attached hydrogens (tertiary/aromatic N) is 2. The zero-order chi connectivity index (χ0) is 19.5. The van der Waals surface area contributed by atoms with E-state index in [-0.39, 0.29) is 42.9 Å². The van der Waals surface area contributed by atoms with Gasteiger partial charge in [0, 0.05) is 25.7 Å². The van der Waals surface area contributed by atoms with Crippen LogP contribution >= 0.6 is 24.0 Å². The summed E-state index contributed by atoms with van der Waals surface area (Å²) < 4.78 is 18.3. The van der Waals surface area contributed by atoms with Crippen LogP contribution in [-0.2, 0) is 0 Å². The van der Waals surface area contributed by atoms with Gasteiger partial charge in [0.05, 0.1) is 6.54 Å². The first kappa shape index (κ1) is 24.9. The Morgan fingerprint density at radius 2 is 1.96 bits per heavy atom. The van der Waals surface area contributed by atoms with Crippen LogP contribution in [0.25, 0.3) is 0 Å². The van der Waals surface area contributed by atoms with E-state index in [1.165, 1.54) is 25.1 Å². The van der Waals surface area contributed by atoms with E-state index in [1.807, 2.05) is 6.92 Å². The number of ether oxygens (including phenoxy) is 1. The Bertz CT molecular complexity index is 566. The third-order valence-corrected chi connectivity index (χ3v) is 4.53. The van der Waals surface area contributed by atoms with Gasteiger partial charge in [0.2, 0.25) is 0 Å². The molecule has 28 heavy (non-hydrogen) atoms. The number of halogens is 2. The second kappa shape index (κ2) is 13.9. The van der Waals surface area contributed by atoms with Gasteiger partial charge in [0.1, 0.15) is 24.3 Å². The molecule has 1 saturated heterocycles. The maximum atomic E-state index is 12.9. The number of aliphatic hydroxyl groups is 1. The van der Waals surface area contributed by atoms with Crippen molar-refractivity contribution in [2.24, 2.45) is 4.99 Å². The number of nitrogens with one attached hydrogen (secondary N) is 2. The number of benzene rings is 1. The van der Waals surface area contributed by atoms with E-state index in [2.05, 4.69) is 27.4 Å². The fraction of sp³-hybridized carbons (Fsp3) is 0.650. The minimum absolute atomic E-state index is 0. The number of guanidine groups is 1. The van der Waals surface area contributed by atoms with E-state index in [0.29, 0.717) is 11.8 Å². The number of aliphatic imine (C=N–C) groups is 1. The summed E-state index contributed by atoms with van der Waals surface area (Å²) in [6.07, 6.45) is 2.67. The Kier molecular flexibility index (Phi) is 12.4. The maximum absolute atomic E-state index is 12.9. The van der Waals surface area contributed by atoms with E-state index in [4.69, 9.17) is 4.74 Å². The lowest BCUT2D eigenvalue weighted by molar-refractivity contribution is 0.114. The van der Waals surface area contributed by atoms with Crippen LogP contribution < -0.4 is 15.4 Å². The van der Waals surface area contributed by atoms with Crippen LogP contribution in [0.2, 0.25) is 0 Å². The number of rotatable bonds is 9. The first-order chi connectivity index (χ1) is 13.1. The molecule has 8 heteroatoms. The number of hydrogen-bond acceptors (Lipinski definition) is 4. The Morgan fingerprint density at radius 3 is 2.57 bits per heavy atom. The minimum atomic E-state index is -0.725. The molecule has 1 fully saturated rings. The first-order valence-electron chi connectivity index (χ1n) is 9.94.